The van der Waals surface area contributed by atoms with Gasteiger partial charge in [-0.2, -0.15) is 5.26 Å². The number of likely N-dealkylation sites (N-methyl/N-ethyl adjacent to an activating group) is 1. The summed E-state index contributed by atoms with van der Waals surface area (Å²) in [6.07, 6.45) is -0.597. The molecule has 0 fully saturated rings. The van der Waals surface area contributed by atoms with Gasteiger partial charge in [-0.3, -0.25) is 9.59 Å². The molecular weight excluding hydrogens is 394 g/mol. The van der Waals surface area contributed by atoms with E-state index in [0.717, 1.165) is 11.1 Å². The molecule has 1 aliphatic rings. The van der Waals surface area contributed by atoms with Crippen LogP contribution in [0, 0.1) is 11.3 Å². The monoisotopic (exact) mass is 421 g/mol. The summed E-state index contributed by atoms with van der Waals surface area (Å²) in [5.74, 6) is -0.541. The van der Waals surface area contributed by atoms with Crippen LogP contribution >= 0.6 is 0 Å². The summed E-state index contributed by atoms with van der Waals surface area (Å²) in [5.41, 5.74) is 2.84. The van der Waals surface area contributed by atoms with Crippen LogP contribution in [0.5, 0.6) is 5.75 Å². The van der Waals surface area contributed by atoms with Crippen LogP contribution < -0.4 is 9.64 Å². The quantitative estimate of drug-likeness (QED) is 0.667. The van der Waals surface area contributed by atoms with E-state index in [4.69, 9.17) is 9.47 Å². The highest BCUT2D eigenvalue weighted by atomic mass is 16.5. The second kappa shape index (κ2) is 9.63. The van der Waals surface area contributed by atoms with Crippen LogP contribution in [0.2, 0.25) is 0 Å². The Hall–Kier alpha value is -3.37. The first-order chi connectivity index (χ1) is 14.8. The second-order valence-corrected chi connectivity index (χ2v) is 7.82. The SMILES string of the molecule is COc1ccc(C2Cc3c(C#N)cccc3N(CCN(C)C)C(=O)C2OC(C)=O)cc1. The number of carbonyl (C=O) groups excluding carboxylic acids is 2. The molecule has 2 unspecified atom stereocenters. The van der Waals surface area contributed by atoms with Gasteiger partial charge in [0.05, 0.1) is 18.7 Å². The first kappa shape index (κ1) is 22.3. The van der Waals surface area contributed by atoms with E-state index in [9.17, 15) is 14.9 Å². The maximum absolute atomic E-state index is 13.7. The number of amides is 1. The van der Waals surface area contributed by atoms with Crippen LogP contribution in [0.15, 0.2) is 42.5 Å². The van der Waals surface area contributed by atoms with Gasteiger partial charge in [-0.1, -0.05) is 18.2 Å². The minimum atomic E-state index is -0.994. The van der Waals surface area contributed by atoms with E-state index in [1.165, 1.54) is 6.92 Å². The lowest BCUT2D eigenvalue weighted by atomic mass is 9.86. The van der Waals surface area contributed by atoms with Crippen molar-refractivity contribution in [2.75, 3.05) is 39.2 Å². The first-order valence-electron chi connectivity index (χ1n) is 10.1. The second-order valence-electron chi connectivity index (χ2n) is 7.82. The van der Waals surface area contributed by atoms with Crippen molar-refractivity contribution in [1.82, 2.24) is 4.90 Å². The van der Waals surface area contributed by atoms with E-state index in [0.29, 0.717) is 36.5 Å². The van der Waals surface area contributed by atoms with Gasteiger partial charge < -0.3 is 19.3 Å². The number of benzene rings is 2. The smallest absolute Gasteiger partial charge is 0.303 e. The summed E-state index contributed by atoms with van der Waals surface area (Å²) in [7, 11) is 5.45. The molecule has 0 bridgehead atoms. The molecule has 0 N–H and O–H groups in total. The summed E-state index contributed by atoms with van der Waals surface area (Å²) >= 11 is 0. The fraction of sp³-hybridized carbons (Fsp3) is 0.375. The van der Waals surface area contributed by atoms with Crippen LogP contribution in [-0.2, 0) is 20.7 Å². The number of ether oxygens (including phenoxy) is 2. The number of hydrogen-bond acceptors (Lipinski definition) is 6. The topological polar surface area (TPSA) is 82.9 Å². The predicted molar refractivity (Wildman–Crippen MR) is 117 cm³/mol. The van der Waals surface area contributed by atoms with Crippen molar-refractivity contribution in [3.05, 3.63) is 59.2 Å². The number of rotatable bonds is 6. The van der Waals surface area contributed by atoms with Crippen molar-refractivity contribution >= 4 is 17.6 Å². The summed E-state index contributed by atoms with van der Waals surface area (Å²) < 4.78 is 10.8. The number of nitriles is 1. The summed E-state index contributed by atoms with van der Waals surface area (Å²) in [5, 5.41) is 9.73. The normalized spacial score (nSPS) is 18.2. The molecule has 2 atom stereocenters. The van der Waals surface area contributed by atoms with E-state index >= 15 is 0 Å². The zero-order valence-electron chi connectivity index (χ0n) is 18.3. The Morgan fingerprint density at radius 1 is 1.23 bits per heavy atom. The average Bonchev–Trinajstić information content (AvgIpc) is 2.86. The molecule has 0 spiro atoms. The maximum Gasteiger partial charge on any atom is 0.303 e. The van der Waals surface area contributed by atoms with Crippen LogP contribution in [0.25, 0.3) is 0 Å². The largest absolute Gasteiger partial charge is 0.497 e. The number of fused-ring (bicyclic) bond motifs is 1. The van der Waals surface area contributed by atoms with Crippen molar-refractivity contribution < 1.29 is 19.1 Å². The first-order valence-corrected chi connectivity index (χ1v) is 10.1. The van der Waals surface area contributed by atoms with E-state index in [1.807, 2.05) is 49.3 Å². The molecule has 0 saturated heterocycles. The number of hydrogen-bond donors (Lipinski definition) is 0. The fourth-order valence-corrected chi connectivity index (χ4v) is 3.90. The molecule has 1 heterocycles. The van der Waals surface area contributed by atoms with Gasteiger partial charge in [0.15, 0.2) is 6.10 Å². The summed E-state index contributed by atoms with van der Waals surface area (Å²) in [6, 6.07) is 15.0. The molecule has 2 aromatic rings. The third-order valence-corrected chi connectivity index (χ3v) is 5.47. The van der Waals surface area contributed by atoms with Gasteiger partial charge in [0, 0.05) is 31.6 Å². The Bertz CT molecular complexity index is 995. The average molecular weight is 421 g/mol. The number of methoxy groups -OCH3 is 1. The molecule has 0 saturated carbocycles. The minimum Gasteiger partial charge on any atom is -0.497 e. The third kappa shape index (κ3) is 4.86. The Labute approximate surface area is 182 Å². The molecule has 2 aromatic carbocycles. The van der Waals surface area contributed by atoms with E-state index < -0.39 is 18.0 Å². The molecule has 0 aromatic heterocycles. The number of nitrogens with zero attached hydrogens (tertiary/aromatic N) is 3. The summed E-state index contributed by atoms with van der Waals surface area (Å²) in [4.78, 5) is 29.3. The highest BCUT2D eigenvalue weighted by molar-refractivity contribution is 6.00. The lowest BCUT2D eigenvalue weighted by molar-refractivity contribution is -0.154. The molecule has 7 heteroatoms. The van der Waals surface area contributed by atoms with Gasteiger partial charge in [0.2, 0.25) is 0 Å². The van der Waals surface area contributed by atoms with E-state index in [-0.39, 0.29) is 5.91 Å². The van der Waals surface area contributed by atoms with Crippen molar-refractivity contribution in [2.24, 2.45) is 0 Å². The Morgan fingerprint density at radius 2 is 1.94 bits per heavy atom. The number of esters is 1. The Kier molecular flexibility index (Phi) is 6.93. The highest BCUT2D eigenvalue weighted by Crippen LogP contribution is 2.38. The van der Waals surface area contributed by atoms with Gasteiger partial charge in [0.1, 0.15) is 5.75 Å². The zero-order valence-corrected chi connectivity index (χ0v) is 18.3. The molecule has 1 aliphatic heterocycles. The number of anilines is 1. The molecular formula is C24H27N3O4. The van der Waals surface area contributed by atoms with Gasteiger partial charge >= 0.3 is 5.97 Å². The Morgan fingerprint density at radius 3 is 2.52 bits per heavy atom. The van der Waals surface area contributed by atoms with Crippen LogP contribution in [0.3, 0.4) is 0 Å². The standard InChI is InChI=1S/C24H27N3O4/c1-16(28)31-23-21(17-8-10-19(30-4)11-9-17)14-20-18(15-25)6-5-7-22(20)27(24(23)29)13-12-26(2)3/h5-11,21,23H,12-14H2,1-4H3. The fourth-order valence-electron chi connectivity index (χ4n) is 3.90. The Balaban J connectivity index is 2.15. The van der Waals surface area contributed by atoms with Gasteiger partial charge in [-0.05, 0) is 55.9 Å². The van der Waals surface area contributed by atoms with Gasteiger partial charge in [-0.25, -0.2) is 0 Å². The van der Waals surface area contributed by atoms with Crippen LogP contribution in [-0.4, -0.2) is 57.2 Å². The minimum absolute atomic E-state index is 0.285. The van der Waals surface area contributed by atoms with Crippen molar-refractivity contribution in [3.63, 3.8) is 0 Å². The highest BCUT2D eigenvalue weighted by Gasteiger charge is 2.40. The third-order valence-electron chi connectivity index (χ3n) is 5.47. The molecule has 0 radical (unpaired) electrons. The van der Waals surface area contributed by atoms with Crippen molar-refractivity contribution in [1.29, 1.82) is 5.26 Å². The van der Waals surface area contributed by atoms with Crippen LogP contribution in [0.4, 0.5) is 5.69 Å². The van der Waals surface area contributed by atoms with Gasteiger partial charge in [0.25, 0.3) is 5.91 Å². The van der Waals surface area contributed by atoms with Crippen molar-refractivity contribution in [3.8, 4) is 11.8 Å². The molecule has 0 aliphatic carbocycles. The molecule has 7 nitrogen and oxygen atoms in total. The van der Waals surface area contributed by atoms with E-state index in [1.54, 1.807) is 24.1 Å². The van der Waals surface area contributed by atoms with Gasteiger partial charge in [-0.15, -0.1) is 0 Å². The maximum atomic E-state index is 13.7. The summed E-state index contributed by atoms with van der Waals surface area (Å²) in [6.45, 7) is 2.35. The molecule has 162 valence electrons. The lowest BCUT2D eigenvalue weighted by Gasteiger charge is -2.29. The van der Waals surface area contributed by atoms with E-state index in [2.05, 4.69) is 6.07 Å². The molecule has 3 rings (SSSR count). The molecule has 1 amide bonds. The predicted octanol–water partition coefficient (Wildman–Crippen LogP) is 2.73. The van der Waals surface area contributed by atoms with Crippen LogP contribution in [0.1, 0.15) is 29.5 Å². The lowest BCUT2D eigenvalue weighted by Crippen LogP contribution is -2.45. The zero-order chi connectivity index (χ0) is 22.5. The van der Waals surface area contributed by atoms with Crippen molar-refractivity contribution in [2.45, 2.75) is 25.4 Å². The number of carbonyl (C=O) groups is 2. The molecule has 31 heavy (non-hydrogen) atoms.